The van der Waals surface area contributed by atoms with Crippen LogP contribution in [-0.4, -0.2) is 41.6 Å². The second-order valence-electron chi connectivity index (χ2n) is 7.40. The maximum atomic E-state index is 13.4. The van der Waals surface area contributed by atoms with Crippen molar-refractivity contribution in [3.8, 4) is 0 Å². The third-order valence-corrected chi connectivity index (χ3v) is 5.82. The monoisotopic (exact) mass is 378 g/mol. The molecule has 1 saturated carbocycles. The first-order chi connectivity index (χ1) is 12.5. The highest BCUT2D eigenvalue weighted by Crippen LogP contribution is 2.43. The average molecular weight is 379 g/mol. The van der Waals surface area contributed by atoms with Gasteiger partial charge in [0.2, 0.25) is 5.91 Å². The summed E-state index contributed by atoms with van der Waals surface area (Å²) in [6.07, 6.45) is 4.31. The first kappa shape index (κ1) is 19.2. The number of nitrogens with one attached hydrogen (secondary N) is 1. The number of hydrogen-bond acceptors (Lipinski definition) is 3. The van der Waals surface area contributed by atoms with Gasteiger partial charge in [-0.2, -0.15) is 0 Å². The van der Waals surface area contributed by atoms with Gasteiger partial charge in [-0.05, 0) is 50.2 Å². The SMILES string of the molecule is CCCNC(=O)[C@H]1COC2(CCC(C)CC2)N1C(=O)c1ccccc1Cl. The van der Waals surface area contributed by atoms with Gasteiger partial charge in [0.1, 0.15) is 11.8 Å². The molecule has 1 aromatic carbocycles. The molecule has 1 heterocycles. The van der Waals surface area contributed by atoms with E-state index in [4.69, 9.17) is 16.3 Å². The minimum atomic E-state index is -0.697. The molecule has 2 fully saturated rings. The second kappa shape index (κ2) is 7.97. The van der Waals surface area contributed by atoms with E-state index in [2.05, 4.69) is 12.2 Å². The molecule has 0 unspecified atom stereocenters. The third kappa shape index (κ3) is 3.60. The Hall–Kier alpha value is -1.59. The fourth-order valence-corrected chi connectivity index (χ4v) is 4.13. The van der Waals surface area contributed by atoms with Crippen LogP contribution in [-0.2, 0) is 9.53 Å². The van der Waals surface area contributed by atoms with Crippen molar-refractivity contribution in [2.24, 2.45) is 5.92 Å². The normalized spacial score (nSPS) is 28.3. The van der Waals surface area contributed by atoms with Crippen molar-refractivity contribution in [3.05, 3.63) is 34.9 Å². The van der Waals surface area contributed by atoms with Gasteiger partial charge in [-0.25, -0.2) is 0 Å². The Bertz CT molecular complexity index is 671. The lowest BCUT2D eigenvalue weighted by Crippen LogP contribution is -2.56. The molecule has 2 aliphatic rings. The summed E-state index contributed by atoms with van der Waals surface area (Å²) in [5.41, 5.74) is -0.275. The Kier molecular flexibility index (Phi) is 5.88. The number of rotatable bonds is 4. The number of nitrogens with zero attached hydrogens (tertiary/aromatic N) is 1. The maximum Gasteiger partial charge on any atom is 0.258 e. The average Bonchev–Trinajstić information content (AvgIpc) is 3.01. The topological polar surface area (TPSA) is 58.6 Å². The molecule has 26 heavy (non-hydrogen) atoms. The Morgan fingerprint density at radius 1 is 1.31 bits per heavy atom. The van der Waals surface area contributed by atoms with Gasteiger partial charge in [0, 0.05) is 6.54 Å². The molecule has 1 aliphatic heterocycles. The van der Waals surface area contributed by atoms with Gasteiger partial charge in [-0.15, -0.1) is 0 Å². The third-order valence-electron chi connectivity index (χ3n) is 5.49. The Morgan fingerprint density at radius 3 is 2.65 bits per heavy atom. The summed E-state index contributed by atoms with van der Waals surface area (Å²) in [6, 6.07) is 6.39. The number of amides is 2. The lowest BCUT2D eigenvalue weighted by atomic mass is 9.83. The summed E-state index contributed by atoms with van der Waals surface area (Å²) in [4.78, 5) is 27.8. The van der Waals surface area contributed by atoms with E-state index in [0.717, 1.165) is 32.1 Å². The molecule has 0 bridgehead atoms. The van der Waals surface area contributed by atoms with Crippen LogP contribution in [0.1, 0.15) is 56.3 Å². The van der Waals surface area contributed by atoms with Crippen LogP contribution in [0.25, 0.3) is 0 Å². The maximum absolute atomic E-state index is 13.4. The Morgan fingerprint density at radius 2 is 2.00 bits per heavy atom. The molecule has 1 atom stereocenters. The zero-order chi connectivity index (χ0) is 18.7. The van der Waals surface area contributed by atoms with Crippen molar-refractivity contribution in [1.82, 2.24) is 10.2 Å². The highest BCUT2D eigenvalue weighted by Gasteiger charge is 2.53. The van der Waals surface area contributed by atoms with E-state index in [-0.39, 0.29) is 18.4 Å². The molecule has 2 amide bonds. The molecular formula is C20H27ClN2O3. The van der Waals surface area contributed by atoms with Crippen molar-refractivity contribution in [2.75, 3.05) is 13.2 Å². The zero-order valence-corrected chi connectivity index (χ0v) is 16.2. The second-order valence-corrected chi connectivity index (χ2v) is 7.81. The van der Waals surface area contributed by atoms with Crippen LogP contribution in [0.3, 0.4) is 0 Å². The van der Waals surface area contributed by atoms with Gasteiger partial charge in [0.25, 0.3) is 5.91 Å². The molecule has 5 nitrogen and oxygen atoms in total. The standard InChI is InChI=1S/C20H27ClN2O3/c1-3-12-22-18(24)17-13-26-20(10-8-14(2)9-11-20)23(17)19(25)15-6-4-5-7-16(15)21/h4-7,14,17H,3,8-13H2,1-2H3,(H,22,24)/t14?,17-,20?/m1/s1. The molecule has 1 saturated heterocycles. The predicted octanol–water partition coefficient (Wildman–Crippen LogP) is 3.61. The number of benzene rings is 1. The van der Waals surface area contributed by atoms with E-state index in [1.165, 1.54) is 0 Å². The van der Waals surface area contributed by atoms with E-state index in [9.17, 15) is 9.59 Å². The summed E-state index contributed by atoms with van der Waals surface area (Å²) in [7, 11) is 0. The molecule has 0 aromatic heterocycles. The minimum absolute atomic E-state index is 0.150. The van der Waals surface area contributed by atoms with E-state index < -0.39 is 11.8 Å². The minimum Gasteiger partial charge on any atom is -0.354 e. The van der Waals surface area contributed by atoms with Crippen molar-refractivity contribution in [2.45, 2.75) is 57.7 Å². The largest absolute Gasteiger partial charge is 0.354 e. The van der Waals surface area contributed by atoms with Crippen LogP contribution in [0.5, 0.6) is 0 Å². The van der Waals surface area contributed by atoms with Crippen LogP contribution >= 0.6 is 11.6 Å². The van der Waals surface area contributed by atoms with Gasteiger partial charge in [0.05, 0.1) is 17.2 Å². The van der Waals surface area contributed by atoms with Crippen molar-refractivity contribution in [1.29, 1.82) is 0 Å². The fourth-order valence-electron chi connectivity index (χ4n) is 3.91. The summed E-state index contributed by atoms with van der Waals surface area (Å²) in [6.45, 7) is 5.04. The highest BCUT2D eigenvalue weighted by molar-refractivity contribution is 6.33. The summed E-state index contributed by atoms with van der Waals surface area (Å²) < 4.78 is 6.14. The van der Waals surface area contributed by atoms with Gasteiger partial charge < -0.3 is 10.1 Å². The van der Waals surface area contributed by atoms with Crippen LogP contribution in [0, 0.1) is 5.92 Å². The van der Waals surface area contributed by atoms with Gasteiger partial charge in [-0.3, -0.25) is 14.5 Å². The van der Waals surface area contributed by atoms with Gasteiger partial charge >= 0.3 is 0 Å². The first-order valence-corrected chi connectivity index (χ1v) is 9.86. The highest BCUT2D eigenvalue weighted by atomic mass is 35.5. The van der Waals surface area contributed by atoms with E-state index >= 15 is 0 Å². The number of carbonyl (C=O) groups excluding carboxylic acids is 2. The van der Waals surface area contributed by atoms with E-state index in [0.29, 0.717) is 23.0 Å². The lowest BCUT2D eigenvalue weighted by molar-refractivity contribution is -0.127. The zero-order valence-electron chi connectivity index (χ0n) is 15.5. The summed E-state index contributed by atoms with van der Waals surface area (Å²) in [5, 5.41) is 3.31. The van der Waals surface area contributed by atoms with Crippen LogP contribution in [0.15, 0.2) is 24.3 Å². The predicted molar refractivity (Wildman–Crippen MR) is 101 cm³/mol. The molecule has 6 heteroatoms. The molecular weight excluding hydrogens is 352 g/mol. The number of ether oxygens (including phenoxy) is 1. The smallest absolute Gasteiger partial charge is 0.258 e. The Labute approximate surface area is 160 Å². The number of hydrogen-bond donors (Lipinski definition) is 1. The molecule has 3 rings (SSSR count). The van der Waals surface area contributed by atoms with E-state index in [1.807, 2.05) is 6.92 Å². The van der Waals surface area contributed by atoms with Gasteiger partial charge in [0.15, 0.2) is 0 Å². The van der Waals surface area contributed by atoms with Gasteiger partial charge in [-0.1, -0.05) is 37.6 Å². The molecule has 1 aliphatic carbocycles. The van der Waals surface area contributed by atoms with Crippen LogP contribution < -0.4 is 5.32 Å². The lowest BCUT2D eigenvalue weighted by Gasteiger charge is -2.43. The number of halogens is 1. The molecule has 1 aromatic rings. The number of carbonyl (C=O) groups is 2. The van der Waals surface area contributed by atoms with E-state index in [1.54, 1.807) is 29.2 Å². The fraction of sp³-hybridized carbons (Fsp3) is 0.600. The molecule has 1 N–H and O–H groups in total. The summed E-state index contributed by atoms with van der Waals surface area (Å²) >= 11 is 6.27. The van der Waals surface area contributed by atoms with Crippen molar-refractivity contribution < 1.29 is 14.3 Å². The van der Waals surface area contributed by atoms with Crippen LogP contribution in [0.2, 0.25) is 5.02 Å². The Balaban J connectivity index is 1.93. The quantitative estimate of drug-likeness (QED) is 0.870. The van der Waals surface area contributed by atoms with Crippen LogP contribution in [0.4, 0.5) is 0 Å². The van der Waals surface area contributed by atoms with Crippen molar-refractivity contribution in [3.63, 3.8) is 0 Å². The molecule has 142 valence electrons. The van der Waals surface area contributed by atoms with Crippen molar-refractivity contribution >= 4 is 23.4 Å². The molecule has 0 radical (unpaired) electrons. The molecule has 1 spiro atoms. The summed E-state index contributed by atoms with van der Waals surface area (Å²) in [5.74, 6) is 0.233. The first-order valence-electron chi connectivity index (χ1n) is 9.48.